The largest absolute Gasteiger partial charge is 0.384 e. The monoisotopic (exact) mass is 320 g/mol. The first-order valence-electron chi connectivity index (χ1n) is 9.44. The molecule has 1 aromatic carbocycles. The number of hydrogen-bond acceptors (Lipinski definition) is 1. The molecule has 2 rings (SSSR count). The van der Waals surface area contributed by atoms with E-state index in [2.05, 4.69) is 65.8 Å². The zero-order chi connectivity index (χ0) is 18.0. The molecule has 0 amide bonds. The molecule has 134 valence electrons. The van der Waals surface area contributed by atoms with E-state index < -0.39 is 0 Å². The highest BCUT2D eigenvalue weighted by molar-refractivity contribution is 5.17. The van der Waals surface area contributed by atoms with E-state index in [4.69, 9.17) is 4.74 Å². The van der Waals surface area contributed by atoms with Crippen LogP contribution in [0, 0.1) is 29.6 Å². The Morgan fingerprint density at radius 3 is 1.57 bits per heavy atom. The van der Waals surface area contributed by atoms with E-state index in [-0.39, 0.29) is 0 Å². The molecule has 0 aromatic heterocycles. The van der Waals surface area contributed by atoms with Gasteiger partial charge in [-0.25, -0.2) is 0 Å². The van der Waals surface area contributed by atoms with Crippen LogP contribution < -0.4 is 0 Å². The Hall–Kier alpha value is -0.820. The lowest BCUT2D eigenvalue weighted by atomic mass is 9.90. The van der Waals surface area contributed by atoms with Crippen molar-refractivity contribution in [2.75, 3.05) is 13.7 Å². The molecule has 0 bridgehead atoms. The lowest BCUT2D eigenvalue weighted by Crippen LogP contribution is -2.18. The van der Waals surface area contributed by atoms with Crippen LogP contribution in [0.15, 0.2) is 30.3 Å². The number of hydrogen-bond donors (Lipinski definition) is 0. The third-order valence-corrected chi connectivity index (χ3v) is 5.66. The molecule has 0 heterocycles. The SMILES string of the molecule is CC.CC(C)c1ccccc1.COCC1C(C)C(C)C(C)C1C. The van der Waals surface area contributed by atoms with Crippen molar-refractivity contribution in [3.8, 4) is 0 Å². The summed E-state index contributed by atoms with van der Waals surface area (Å²) >= 11 is 0. The van der Waals surface area contributed by atoms with Crippen LogP contribution >= 0.6 is 0 Å². The van der Waals surface area contributed by atoms with Gasteiger partial charge in [0.1, 0.15) is 0 Å². The molecule has 0 N–H and O–H groups in total. The quantitative estimate of drug-likeness (QED) is 0.606. The summed E-state index contributed by atoms with van der Waals surface area (Å²) in [7, 11) is 1.81. The first-order valence-corrected chi connectivity index (χ1v) is 9.44. The molecule has 1 fully saturated rings. The molecule has 1 saturated carbocycles. The van der Waals surface area contributed by atoms with Crippen molar-refractivity contribution in [2.45, 2.75) is 61.3 Å². The molecule has 0 saturated heterocycles. The highest BCUT2D eigenvalue weighted by Gasteiger charge is 2.40. The van der Waals surface area contributed by atoms with Gasteiger partial charge in [0, 0.05) is 13.7 Å². The van der Waals surface area contributed by atoms with Gasteiger partial charge >= 0.3 is 0 Å². The maximum absolute atomic E-state index is 5.26. The summed E-state index contributed by atoms with van der Waals surface area (Å²) in [4.78, 5) is 0. The minimum absolute atomic E-state index is 0.659. The second-order valence-corrected chi connectivity index (χ2v) is 7.12. The smallest absolute Gasteiger partial charge is 0.0495 e. The molecule has 4 atom stereocenters. The van der Waals surface area contributed by atoms with Gasteiger partial charge in [-0.3, -0.25) is 0 Å². The van der Waals surface area contributed by atoms with Gasteiger partial charge in [0.05, 0.1) is 0 Å². The molecule has 1 aliphatic carbocycles. The average Bonchev–Trinajstić information content (AvgIpc) is 2.76. The molecule has 0 spiro atoms. The van der Waals surface area contributed by atoms with E-state index in [1.54, 1.807) is 0 Å². The van der Waals surface area contributed by atoms with Gasteiger partial charge in [-0.2, -0.15) is 0 Å². The Morgan fingerprint density at radius 1 is 0.826 bits per heavy atom. The van der Waals surface area contributed by atoms with Crippen molar-refractivity contribution < 1.29 is 4.74 Å². The summed E-state index contributed by atoms with van der Waals surface area (Å²) in [6.45, 7) is 18.8. The van der Waals surface area contributed by atoms with Crippen LogP contribution in [0.5, 0.6) is 0 Å². The zero-order valence-corrected chi connectivity index (χ0v) is 17.0. The van der Waals surface area contributed by atoms with Gasteiger partial charge in [-0.15, -0.1) is 0 Å². The summed E-state index contributed by atoms with van der Waals surface area (Å²) in [6, 6.07) is 10.5. The molecule has 0 radical (unpaired) electrons. The van der Waals surface area contributed by atoms with Crippen LogP contribution in [0.25, 0.3) is 0 Å². The van der Waals surface area contributed by atoms with Crippen LogP contribution in [0.2, 0.25) is 0 Å². The molecule has 1 aliphatic rings. The predicted octanol–water partition coefficient (Wildman–Crippen LogP) is 6.64. The van der Waals surface area contributed by atoms with Crippen LogP contribution in [0.1, 0.15) is 66.9 Å². The van der Waals surface area contributed by atoms with Crippen LogP contribution in [0.3, 0.4) is 0 Å². The summed E-state index contributed by atoms with van der Waals surface area (Å²) in [5, 5.41) is 0. The van der Waals surface area contributed by atoms with Crippen molar-refractivity contribution >= 4 is 0 Å². The third-order valence-electron chi connectivity index (χ3n) is 5.66. The number of methoxy groups -OCH3 is 1. The van der Waals surface area contributed by atoms with Crippen molar-refractivity contribution in [3.63, 3.8) is 0 Å². The molecule has 1 aromatic rings. The lowest BCUT2D eigenvalue weighted by molar-refractivity contribution is 0.112. The first kappa shape index (κ1) is 22.2. The van der Waals surface area contributed by atoms with Crippen LogP contribution in [0.4, 0.5) is 0 Å². The fourth-order valence-corrected chi connectivity index (χ4v) is 3.55. The molecule has 23 heavy (non-hydrogen) atoms. The van der Waals surface area contributed by atoms with E-state index in [1.165, 1.54) is 5.56 Å². The second-order valence-electron chi connectivity index (χ2n) is 7.12. The maximum Gasteiger partial charge on any atom is 0.0495 e. The molecule has 1 heteroatoms. The highest BCUT2D eigenvalue weighted by atomic mass is 16.5. The van der Waals surface area contributed by atoms with E-state index in [0.29, 0.717) is 5.92 Å². The number of rotatable bonds is 3. The average molecular weight is 321 g/mol. The van der Waals surface area contributed by atoms with E-state index in [1.807, 2.05) is 27.0 Å². The topological polar surface area (TPSA) is 9.23 Å². The maximum atomic E-state index is 5.26. The summed E-state index contributed by atoms with van der Waals surface area (Å²) < 4.78 is 5.26. The highest BCUT2D eigenvalue weighted by Crippen LogP contribution is 2.45. The van der Waals surface area contributed by atoms with Crippen molar-refractivity contribution in [1.29, 1.82) is 0 Å². The van der Waals surface area contributed by atoms with Gasteiger partial charge in [-0.05, 0) is 41.1 Å². The Balaban J connectivity index is 0.000000392. The molecule has 0 aliphatic heterocycles. The summed E-state index contributed by atoms with van der Waals surface area (Å²) in [5.41, 5.74) is 1.41. The van der Waals surface area contributed by atoms with E-state index in [9.17, 15) is 0 Å². The second kappa shape index (κ2) is 11.7. The number of benzene rings is 1. The standard InChI is InChI=1S/C11H22O.C9H12.C2H6/c1-7-8(2)10(4)11(6-12-5)9(7)3;1-8(2)9-6-4-3-5-7-9;1-2/h7-11H,6H2,1-5H3;3-8H,1-2H3;1-2H3. The van der Waals surface area contributed by atoms with Crippen LogP contribution in [-0.4, -0.2) is 13.7 Å². The Bertz CT molecular complexity index is 370. The minimum atomic E-state index is 0.659. The minimum Gasteiger partial charge on any atom is -0.384 e. The zero-order valence-electron chi connectivity index (χ0n) is 17.0. The van der Waals surface area contributed by atoms with Gasteiger partial charge < -0.3 is 4.74 Å². The van der Waals surface area contributed by atoms with E-state index >= 15 is 0 Å². The Labute approximate surface area is 145 Å². The van der Waals surface area contributed by atoms with Crippen molar-refractivity contribution in [3.05, 3.63) is 35.9 Å². The summed E-state index contributed by atoms with van der Waals surface area (Å²) in [5.74, 6) is 4.82. The predicted molar refractivity (Wildman–Crippen MR) is 104 cm³/mol. The van der Waals surface area contributed by atoms with Gasteiger partial charge in [0.25, 0.3) is 0 Å². The molecular formula is C22H40O. The van der Waals surface area contributed by atoms with Crippen LogP contribution in [-0.2, 0) is 4.74 Å². The van der Waals surface area contributed by atoms with Gasteiger partial charge in [-0.1, -0.05) is 85.7 Å². The van der Waals surface area contributed by atoms with Crippen molar-refractivity contribution in [2.24, 2.45) is 29.6 Å². The number of ether oxygens (including phenoxy) is 1. The molecule has 1 nitrogen and oxygen atoms in total. The first-order chi connectivity index (χ1) is 10.9. The van der Waals surface area contributed by atoms with Gasteiger partial charge in [0.2, 0.25) is 0 Å². The Kier molecular flexibility index (Phi) is 11.3. The fraction of sp³-hybridized carbons (Fsp3) is 0.727. The van der Waals surface area contributed by atoms with E-state index in [0.717, 1.165) is 36.2 Å². The lowest BCUT2D eigenvalue weighted by Gasteiger charge is -2.19. The Morgan fingerprint density at radius 2 is 1.26 bits per heavy atom. The van der Waals surface area contributed by atoms with Crippen molar-refractivity contribution in [1.82, 2.24) is 0 Å². The normalized spacial score (nSPS) is 29.4. The van der Waals surface area contributed by atoms with Gasteiger partial charge in [0.15, 0.2) is 0 Å². The third kappa shape index (κ3) is 6.67. The fourth-order valence-electron chi connectivity index (χ4n) is 3.55. The summed E-state index contributed by atoms with van der Waals surface area (Å²) in [6.07, 6.45) is 0. The molecular weight excluding hydrogens is 280 g/mol. The molecule has 4 unspecified atom stereocenters.